The summed E-state index contributed by atoms with van der Waals surface area (Å²) in [4.78, 5) is 30.1. The smallest absolute Gasteiger partial charge is 0.320 e. The first-order chi connectivity index (χ1) is 22.1. The van der Waals surface area contributed by atoms with Gasteiger partial charge in [0.2, 0.25) is 11.8 Å². The van der Waals surface area contributed by atoms with E-state index in [1.807, 2.05) is 6.92 Å². The van der Waals surface area contributed by atoms with Crippen molar-refractivity contribution >= 4 is 54.8 Å². The van der Waals surface area contributed by atoms with Gasteiger partial charge in [-0.3, -0.25) is 14.7 Å². The van der Waals surface area contributed by atoms with Crippen molar-refractivity contribution < 1.29 is 23.0 Å². The molecule has 0 aliphatic carbocycles. The number of nitrogens with two attached hydrogens (primary N) is 1. The van der Waals surface area contributed by atoms with Crippen LogP contribution in [0.2, 0.25) is 5.02 Å². The van der Waals surface area contributed by atoms with Crippen molar-refractivity contribution in [1.82, 2.24) is 24.8 Å². The van der Waals surface area contributed by atoms with Gasteiger partial charge in [-0.05, 0) is 44.5 Å². The third-order valence-corrected chi connectivity index (χ3v) is 10.8. The molecule has 0 spiro atoms. The summed E-state index contributed by atoms with van der Waals surface area (Å²) < 4.78 is 42.1. The Labute approximate surface area is 272 Å². The van der Waals surface area contributed by atoms with E-state index >= 15 is 0 Å². The molecular formula is C32H30ClF2N7O3S. The van der Waals surface area contributed by atoms with Crippen LogP contribution in [0.4, 0.5) is 13.8 Å². The number of halogens is 3. The van der Waals surface area contributed by atoms with E-state index in [4.69, 9.17) is 26.8 Å². The number of benzene rings is 1. The molecule has 10 nitrogen and oxygen atoms in total. The average Bonchev–Trinajstić information content (AvgIpc) is 3.78. The summed E-state index contributed by atoms with van der Waals surface area (Å²) >= 11 is 8.01. The summed E-state index contributed by atoms with van der Waals surface area (Å²) in [5, 5.41) is 10.8. The van der Waals surface area contributed by atoms with Crippen molar-refractivity contribution in [2.75, 3.05) is 32.0 Å². The van der Waals surface area contributed by atoms with Gasteiger partial charge in [-0.2, -0.15) is 15.2 Å². The molecule has 0 radical (unpaired) electrons. The molecule has 14 heteroatoms. The van der Waals surface area contributed by atoms with Gasteiger partial charge in [0.25, 0.3) is 0 Å². The number of pyridine rings is 1. The maximum atomic E-state index is 14.8. The topological polar surface area (TPSA) is 130 Å². The highest BCUT2D eigenvalue weighted by Gasteiger charge is 2.49. The lowest BCUT2D eigenvalue weighted by Gasteiger charge is -2.30. The number of carbonyl (C=O) groups is 1. The van der Waals surface area contributed by atoms with E-state index in [1.165, 1.54) is 24.4 Å². The molecule has 1 amide bonds. The minimum atomic E-state index is -0.926. The van der Waals surface area contributed by atoms with Crippen LogP contribution in [0.25, 0.3) is 32.2 Å². The second-order valence-electron chi connectivity index (χ2n) is 12.0. The average molecular weight is 666 g/mol. The van der Waals surface area contributed by atoms with Crippen LogP contribution in [0.5, 0.6) is 11.9 Å². The van der Waals surface area contributed by atoms with E-state index in [0.717, 1.165) is 30.7 Å². The van der Waals surface area contributed by atoms with E-state index < -0.39 is 23.6 Å². The summed E-state index contributed by atoms with van der Waals surface area (Å²) in [5.74, 6) is -0.535. The molecule has 7 rings (SSSR count). The number of nitrogens with zero attached hydrogens (tertiary/aromatic N) is 6. The summed E-state index contributed by atoms with van der Waals surface area (Å²) in [7, 11) is 0. The van der Waals surface area contributed by atoms with Crippen molar-refractivity contribution in [2.24, 2.45) is 0 Å². The summed E-state index contributed by atoms with van der Waals surface area (Å²) in [6.07, 6.45) is 4.15. The molecule has 1 aromatic carbocycles. The molecule has 3 aromatic heterocycles. The highest BCUT2D eigenvalue weighted by molar-refractivity contribution is 7.23. The molecule has 3 fully saturated rings. The van der Waals surface area contributed by atoms with Crippen LogP contribution in [0.1, 0.15) is 38.2 Å². The summed E-state index contributed by atoms with van der Waals surface area (Å²) in [5.41, 5.74) is 6.72. The number of aromatic nitrogens is 3. The molecular weight excluding hydrogens is 636 g/mol. The van der Waals surface area contributed by atoms with Crippen molar-refractivity contribution in [2.45, 2.75) is 56.5 Å². The first kappa shape index (κ1) is 30.5. The second-order valence-corrected chi connectivity index (χ2v) is 13.5. The van der Waals surface area contributed by atoms with Crippen LogP contribution in [-0.4, -0.2) is 80.8 Å². The number of hydrogen-bond donors (Lipinski definition) is 1. The van der Waals surface area contributed by atoms with E-state index in [-0.39, 0.29) is 61.9 Å². The van der Waals surface area contributed by atoms with Crippen molar-refractivity contribution in [3.8, 4) is 29.2 Å². The number of anilines is 1. The van der Waals surface area contributed by atoms with Crippen LogP contribution in [0.3, 0.4) is 0 Å². The number of fused-ring (bicyclic) bond motifs is 3. The fourth-order valence-electron chi connectivity index (χ4n) is 7.14. The fourth-order valence-corrected chi connectivity index (χ4v) is 8.38. The number of amides is 1. The largest absolute Gasteiger partial charge is 0.471 e. The molecule has 6 heterocycles. The van der Waals surface area contributed by atoms with Crippen LogP contribution in [0.15, 0.2) is 31.0 Å². The number of carbonyl (C=O) groups excluding carboxylic acids is 1. The fraction of sp³-hybridized carbons (Fsp3) is 0.406. The van der Waals surface area contributed by atoms with Crippen molar-refractivity contribution in [3.63, 3.8) is 0 Å². The van der Waals surface area contributed by atoms with Crippen LogP contribution in [0, 0.1) is 17.1 Å². The predicted molar refractivity (Wildman–Crippen MR) is 171 cm³/mol. The molecule has 4 atom stereocenters. The van der Waals surface area contributed by atoms with E-state index in [2.05, 4.69) is 32.5 Å². The van der Waals surface area contributed by atoms with Gasteiger partial charge in [-0.15, -0.1) is 11.3 Å². The number of nitriles is 1. The van der Waals surface area contributed by atoms with Gasteiger partial charge in [0, 0.05) is 43.1 Å². The number of rotatable bonds is 7. The summed E-state index contributed by atoms with van der Waals surface area (Å²) in [6.45, 7) is 7.35. The highest BCUT2D eigenvalue weighted by atomic mass is 35.5. The first-order valence-electron chi connectivity index (χ1n) is 15.0. The van der Waals surface area contributed by atoms with Crippen LogP contribution < -0.4 is 15.2 Å². The number of nitrogen functional groups attached to an aromatic ring is 1. The maximum Gasteiger partial charge on any atom is 0.320 e. The molecule has 3 aliphatic heterocycles. The number of ether oxygens (including phenoxy) is 2. The van der Waals surface area contributed by atoms with Gasteiger partial charge < -0.3 is 20.1 Å². The summed E-state index contributed by atoms with van der Waals surface area (Å²) in [6, 6.07) is 4.59. The molecule has 3 saturated heterocycles. The van der Waals surface area contributed by atoms with Gasteiger partial charge >= 0.3 is 6.01 Å². The van der Waals surface area contributed by atoms with E-state index in [1.54, 1.807) is 4.90 Å². The molecule has 46 heavy (non-hydrogen) atoms. The number of thiophene rings is 1. The molecule has 238 valence electrons. The quantitative estimate of drug-likeness (QED) is 0.248. The Morgan fingerprint density at radius 3 is 2.98 bits per heavy atom. The molecule has 0 unspecified atom stereocenters. The molecule has 3 aliphatic rings. The number of hydrogen-bond acceptors (Lipinski definition) is 10. The standard InChI is InChI=1S/C32H30ClF2N7O3S/c1-3-23(43)42-10-7-22(16(42)2)45-30-20-13-38-26(18-5-6-21(35)28-24(18)19(12-36)29(37)46-28)25(33)27(20)39-31(40-30)44-15-32-8-4-9-41(32)14-17(34)11-32/h3,5-6,13,16-17,22H,1,4,7-11,14-15,37H2,2H3/t16-,17-,22-,32+/m1/s1. The van der Waals surface area contributed by atoms with Gasteiger partial charge in [-0.25, -0.2) is 8.78 Å². The molecule has 0 bridgehead atoms. The Bertz CT molecular complexity index is 1950. The maximum absolute atomic E-state index is 14.8. The Kier molecular flexibility index (Phi) is 7.70. The van der Waals surface area contributed by atoms with E-state index in [9.17, 15) is 18.8 Å². The van der Waals surface area contributed by atoms with Gasteiger partial charge in [0.15, 0.2) is 0 Å². The van der Waals surface area contributed by atoms with Crippen molar-refractivity contribution in [1.29, 1.82) is 5.26 Å². The van der Waals surface area contributed by atoms with E-state index in [0.29, 0.717) is 42.3 Å². The predicted octanol–water partition coefficient (Wildman–Crippen LogP) is 5.66. The third-order valence-electron chi connectivity index (χ3n) is 9.45. The minimum absolute atomic E-state index is 0.00324. The molecule has 4 aromatic rings. The zero-order chi connectivity index (χ0) is 32.3. The van der Waals surface area contributed by atoms with Crippen LogP contribution in [-0.2, 0) is 4.79 Å². The zero-order valence-corrected chi connectivity index (χ0v) is 26.5. The number of alkyl halides is 1. The van der Waals surface area contributed by atoms with Crippen LogP contribution >= 0.6 is 22.9 Å². The Balaban J connectivity index is 1.33. The van der Waals surface area contributed by atoms with Gasteiger partial charge in [0.1, 0.15) is 41.3 Å². The Hall–Kier alpha value is -4.12. The van der Waals surface area contributed by atoms with Crippen molar-refractivity contribution in [3.05, 3.63) is 47.4 Å². The lowest BCUT2D eigenvalue weighted by Crippen LogP contribution is -2.43. The monoisotopic (exact) mass is 665 g/mol. The Morgan fingerprint density at radius 1 is 1.37 bits per heavy atom. The normalized spacial score (nSPS) is 24.4. The number of likely N-dealkylation sites (tertiary alicyclic amines) is 1. The minimum Gasteiger partial charge on any atom is -0.471 e. The molecule has 2 N–H and O–H groups in total. The zero-order valence-electron chi connectivity index (χ0n) is 24.9. The Morgan fingerprint density at radius 2 is 2.20 bits per heavy atom. The first-order valence-corrected chi connectivity index (χ1v) is 16.2. The lowest BCUT2D eigenvalue weighted by atomic mass is 9.95. The SMILES string of the molecule is C=CC(=O)N1CC[C@@H](Oc2nc(OC[C@@]34CCCN3C[C@H](F)C4)nc3c(Cl)c(-c4ccc(F)c5sc(N)c(C#N)c45)ncc23)[C@H]1C. The van der Waals surface area contributed by atoms with Gasteiger partial charge in [-0.1, -0.05) is 18.2 Å². The second kappa shape index (κ2) is 11.6. The third kappa shape index (κ3) is 4.90. The highest BCUT2D eigenvalue weighted by Crippen LogP contribution is 2.45. The lowest BCUT2D eigenvalue weighted by molar-refractivity contribution is -0.127. The molecule has 0 saturated carbocycles. The van der Waals surface area contributed by atoms with Gasteiger partial charge in [0.05, 0.1) is 37.9 Å².